The molecule has 0 radical (unpaired) electrons. The molecule has 5 heteroatoms. The van der Waals surface area contributed by atoms with Crippen molar-refractivity contribution in [2.24, 2.45) is 12.0 Å². The van der Waals surface area contributed by atoms with E-state index < -0.39 is 0 Å². The molecule has 0 aliphatic carbocycles. The molecule has 0 spiro atoms. The van der Waals surface area contributed by atoms with Gasteiger partial charge in [-0.3, -0.25) is 4.68 Å². The molecule has 1 unspecified atom stereocenters. The molecule has 1 aromatic heterocycles. The number of hydrogen-bond donors (Lipinski definition) is 2. The number of hydrogen-bond acceptors (Lipinski definition) is 2. The number of aliphatic imine (C=N–C) groups is 1. The van der Waals surface area contributed by atoms with Gasteiger partial charge in [-0.05, 0) is 56.0 Å². The van der Waals surface area contributed by atoms with Crippen molar-refractivity contribution in [3.8, 4) is 0 Å². The number of nitrogens with zero attached hydrogens (tertiary/aromatic N) is 3. The first-order valence-electron chi connectivity index (χ1n) is 10.00. The molecule has 3 aromatic rings. The second kappa shape index (κ2) is 8.91. The Morgan fingerprint density at radius 3 is 2.61 bits per heavy atom. The summed E-state index contributed by atoms with van der Waals surface area (Å²) >= 11 is 0. The third-order valence-corrected chi connectivity index (χ3v) is 5.18. The van der Waals surface area contributed by atoms with Crippen LogP contribution in [0.1, 0.15) is 36.4 Å². The average molecular weight is 378 g/mol. The molecule has 148 valence electrons. The van der Waals surface area contributed by atoms with E-state index >= 15 is 0 Å². The molecule has 0 aliphatic rings. The number of guanidine groups is 1. The Balaban J connectivity index is 1.73. The molecule has 1 atom stereocenters. The van der Waals surface area contributed by atoms with Crippen molar-refractivity contribution in [3.05, 3.63) is 65.0 Å². The molecule has 1 heterocycles. The lowest BCUT2D eigenvalue weighted by molar-refractivity contribution is 0.636. The molecule has 0 amide bonds. The van der Waals surface area contributed by atoms with Gasteiger partial charge in [0.1, 0.15) is 0 Å². The van der Waals surface area contributed by atoms with Crippen molar-refractivity contribution in [1.29, 1.82) is 0 Å². The lowest BCUT2D eigenvalue weighted by Gasteiger charge is -2.18. The van der Waals surface area contributed by atoms with E-state index in [0.29, 0.717) is 6.54 Å². The third-order valence-electron chi connectivity index (χ3n) is 5.18. The highest BCUT2D eigenvalue weighted by atomic mass is 15.3. The van der Waals surface area contributed by atoms with Crippen LogP contribution in [0.5, 0.6) is 0 Å². The molecule has 0 saturated heterocycles. The Kier molecular flexibility index (Phi) is 6.34. The Labute approximate surface area is 167 Å². The standard InChI is InChI=1S/C23H31N5/c1-6-24-23(26-16(2)14-22-17(3)27-28(5)18(22)4)25-15-20-12-9-11-19-10-7-8-13-21(19)20/h7-13,16H,6,14-15H2,1-5H3,(H2,24,25,26). The third kappa shape index (κ3) is 4.53. The van der Waals surface area contributed by atoms with E-state index in [1.165, 1.54) is 27.6 Å². The zero-order valence-corrected chi connectivity index (χ0v) is 17.6. The van der Waals surface area contributed by atoms with Crippen molar-refractivity contribution >= 4 is 16.7 Å². The van der Waals surface area contributed by atoms with Crippen LogP contribution in [0.3, 0.4) is 0 Å². The molecule has 2 aromatic carbocycles. The van der Waals surface area contributed by atoms with Crippen LogP contribution in [-0.4, -0.2) is 28.3 Å². The molecule has 0 saturated carbocycles. The maximum atomic E-state index is 4.84. The summed E-state index contributed by atoms with van der Waals surface area (Å²) in [6.07, 6.45) is 0.921. The zero-order valence-electron chi connectivity index (χ0n) is 17.6. The summed E-state index contributed by atoms with van der Waals surface area (Å²) in [5.74, 6) is 0.849. The first-order valence-corrected chi connectivity index (χ1v) is 10.00. The zero-order chi connectivity index (χ0) is 20.1. The highest BCUT2D eigenvalue weighted by molar-refractivity contribution is 5.86. The fourth-order valence-electron chi connectivity index (χ4n) is 3.62. The van der Waals surface area contributed by atoms with Gasteiger partial charge in [-0.1, -0.05) is 42.5 Å². The van der Waals surface area contributed by atoms with E-state index in [1.807, 2.05) is 11.7 Å². The van der Waals surface area contributed by atoms with E-state index in [1.54, 1.807) is 0 Å². The molecular formula is C23H31N5. The minimum Gasteiger partial charge on any atom is -0.357 e. The predicted octanol–water partition coefficient (Wildman–Crippen LogP) is 3.88. The van der Waals surface area contributed by atoms with Crippen LogP contribution in [0.25, 0.3) is 10.8 Å². The van der Waals surface area contributed by atoms with Gasteiger partial charge in [-0.25, -0.2) is 4.99 Å². The summed E-state index contributed by atoms with van der Waals surface area (Å²) in [6, 6.07) is 15.1. The summed E-state index contributed by atoms with van der Waals surface area (Å²) in [5.41, 5.74) is 4.88. The maximum absolute atomic E-state index is 4.84. The molecule has 2 N–H and O–H groups in total. The molecule has 0 fully saturated rings. The molecular weight excluding hydrogens is 346 g/mol. The summed E-state index contributed by atoms with van der Waals surface area (Å²) in [6.45, 7) is 9.97. The highest BCUT2D eigenvalue weighted by Gasteiger charge is 2.14. The van der Waals surface area contributed by atoms with Gasteiger partial charge in [0.2, 0.25) is 0 Å². The van der Waals surface area contributed by atoms with Crippen molar-refractivity contribution in [3.63, 3.8) is 0 Å². The Bertz CT molecular complexity index is 965. The normalized spacial score (nSPS) is 13.0. The van der Waals surface area contributed by atoms with Crippen molar-refractivity contribution in [1.82, 2.24) is 20.4 Å². The lowest BCUT2D eigenvalue weighted by atomic mass is 10.0. The van der Waals surface area contributed by atoms with Crippen molar-refractivity contribution in [2.75, 3.05) is 6.54 Å². The van der Waals surface area contributed by atoms with Gasteiger partial charge >= 0.3 is 0 Å². The average Bonchev–Trinajstić information content (AvgIpc) is 2.92. The highest BCUT2D eigenvalue weighted by Crippen LogP contribution is 2.19. The lowest BCUT2D eigenvalue weighted by Crippen LogP contribution is -2.43. The fraction of sp³-hybridized carbons (Fsp3) is 0.391. The first-order chi connectivity index (χ1) is 13.5. The number of rotatable bonds is 6. The molecule has 0 bridgehead atoms. The monoisotopic (exact) mass is 377 g/mol. The summed E-state index contributed by atoms with van der Waals surface area (Å²) in [7, 11) is 2.00. The Morgan fingerprint density at radius 1 is 1.14 bits per heavy atom. The van der Waals surface area contributed by atoms with Crippen LogP contribution >= 0.6 is 0 Å². The summed E-state index contributed by atoms with van der Waals surface area (Å²) in [4.78, 5) is 4.84. The summed E-state index contributed by atoms with van der Waals surface area (Å²) < 4.78 is 1.96. The van der Waals surface area contributed by atoms with Gasteiger partial charge < -0.3 is 10.6 Å². The number of nitrogens with one attached hydrogen (secondary N) is 2. The Hall–Kier alpha value is -2.82. The van der Waals surface area contributed by atoms with E-state index in [9.17, 15) is 0 Å². The van der Waals surface area contributed by atoms with Crippen LogP contribution in [0.4, 0.5) is 0 Å². The maximum Gasteiger partial charge on any atom is 0.191 e. The van der Waals surface area contributed by atoms with Gasteiger partial charge in [-0.2, -0.15) is 5.10 Å². The van der Waals surface area contributed by atoms with Crippen LogP contribution in [-0.2, 0) is 20.0 Å². The number of aromatic nitrogens is 2. The smallest absolute Gasteiger partial charge is 0.191 e. The van der Waals surface area contributed by atoms with E-state index in [2.05, 4.69) is 85.9 Å². The topological polar surface area (TPSA) is 54.2 Å². The van der Waals surface area contributed by atoms with Gasteiger partial charge in [0.15, 0.2) is 5.96 Å². The fourth-order valence-corrected chi connectivity index (χ4v) is 3.62. The van der Waals surface area contributed by atoms with Crippen LogP contribution in [0, 0.1) is 13.8 Å². The second-order valence-corrected chi connectivity index (χ2v) is 7.36. The van der Waals surface area contributed by atoms with Gasteiger partial charge in [0, 0.05) is 25.3 Å². The number of benzene rings is 2. The Morgan fingerprint density at radius 2 is 1.89 bits per heavy atom. The molecule has 0 aliphatic heterocycles. The van der Waals surface area contributed by atoms with Crippen LogP contribution in [0.15, 0.2) is 47.5 Å². The molecule has 3 rings (SSSR count). The molecule has 5 nitrogen and oxygen atoms in total. The van der Waals surface area contributed by atoms with Crippen LogP contribution < -0.4 is 10.6 Å². The van der Waals surface area contributed by atoms with Crippen LogP contribution in [0.2, 0.25) is 0 Å². The van der Waals surface area contributed by atoms with Gasteiger partial charge in [-0.15, -0.1) is 0 Å². The van der Waals surface area contributed by atoms with Gasteiger partial charge in [0.25, 0.3) is 0 Å². The largest absolute Gasteiger partial charge is 0.357 e. The summed E-state index contributed by atoms with van der Waals surface area (Å²) in [5, 5.41) is 14.0. The molecule has 28 heavy (non-hydrogen) atoms. The SMILES string of the molecule is CCNC(=NCc1cccc2ccccc12)NC(C)Cc1c(C)nn(C)c1C. The minimum atomic E-state index is 0.256. The van der Waals surface area contributed by atoms with Crippen molar-refractivity contribution in [2.45, 2.75) is 46.7 Å². The first kappa shape index (κ1) is 19.9. The quantitative estimate of drug-likeness (QED) is 0.506. The number of aryl methyl sites for hydroxylation is 2. The second-order valence-electron chi connectivity index (χ2n) is 7.36. The number of fused-ring (bicyclic) bond motifs is 1. The predicted molar refractivity (Wildman–Crippen MR) is 118 cm³/mol. The van der Waals surface area contributed by atoms with E-state index in [-0.39, 0.29) is 6.04 Å². The van der Waals surface area contributed by atoms with E-state index in [4.69, 9.17) is 4.99 Å². The van der Waals surface area contributed by atoms with E-state index in [0.717, 1.165) is 24.6 Å². The van der Waals surface area contributed by atoms with Crippen molar-refractivity contribution < 1.29 is 0 Å². The van der Waals surface area contributed by atoms with Gasteiger partial charge in [0.05, 0.1) is 12.2 Å². The minimum absolute atomic E-state index is 0.256.